The Labute approximate surface area is 125 Å². The van der Waals surface area contributed by atoms with Crippen molar-refractivity contribution in [3.05, 3.63) is 34.9 Å². The van der Waals surface area contributed by atoms with Crippen LogP contribution in [0.15, 0.2) is 24.3 Å². The molecule has 1 saturated carbocycles. The smallest absolute Gasteiger partial charge is 0.306 e. The summed E-state index contributed by atoms with van der Waals surface area (Å²) in [6.45, 7) is 3.08. The zero-order valence-corrected chi connectivity index (χ0v) is 12.6. The van der Waals surface area contributed by atoms with E-state index < -0.39 is 5.97 Å². The highest BCUT2D eigenvalue weighted by atomic mass is 35.5. The fourth-order valence-corrected chi connectivity index (χ4v) is 3.05. The van der Waals surface area contributed by atoms with Crippen LogP contribution in [0.3, 0.4) is 0 Å². The molecule has 0 amide bonds. The molecule has 20 heavy (non-hydrogen) atoms. The van der Waals surface area contributed by atoms with Crippen molar-refractivity contribution in [2.24, 2.45) is 11.8 Å². The molecule has 4 heteroatoms. The van der Waals surface area contributed by atoms with Gasteiger partial charge in [0.15, 0.2) is 0 Å². The molecule has 1 aliphatic rings. The number of aliphatic carboxylic acids is 1. The van der Waals surface area contributed by atoms with Gasteiger partial charge in [0.1, 0.15) is 0 Å². The molecule has 1 aliphatic carbocycles. The quantitative estimate of drug-likeness (QED) is 0.866. The Kier molecular flexibility index (Phi) is 5.44. The molecule has 1 aromatic rings. The second kappa shape index (κ2) is 7.09. The van der Waals surface area contributed by atoms with Crippen LogP contribution in [0.5, 0.6) is 0 Å². The average molecular weight is 296 g/mol. The maximum absolute atomic E-state index is 10.9. The minimum Gasteiger partial charge on any atom is -0.481 e. The van der Waals surface area contributed by atoms with Crippen LogP contribution >= 0.6 is 11.6 Å². The molecule has 110 valence electrons. The van der Waals surface area contributed by atoms with Gasteiger partial charge in [-0.1, -0.05) is 23.7 Å². The first kappa shape index (κ1) is 15.3. The zero-order valence-electron chi connectivity index (χ0n) is 11.8. The van der Waals surface area contributed by atoms with Gasteiger partial charge >= 0.3 is 5.97 Å². The summed E-state index contributed by atoms with van der Waals surface area (Å²) in [4.78, 5) is 10.9. The molecule has 1 unspecified atom stereocenters. The van der Waals surface area contributed by atoms with E-state index in [9.17, 15) is 4.79 Å². The molecule has 0 heterocycles. The number of carbonyl (C=O) groups is 1. The Hall–Kier alpha value is -1.06. The summed E-state index contributed by atoms with van der Waals surface area (Å²) < 4.78 is 0. The van der Waals surface area contributed by atoms with Gasteiger partial charge in [-0.15, -0.1) is 0 Å². The average Bonchev–Trinajstić information content (AvgIpc) is 2.45. The predicted octanol–water partition coefficient (Wildman–Crippen LogP) is 3.88. The third-order valence-electron chi connectivity index (χ3n) is 4.26. The third kappa shape index (κ3) is 4.22. The van der Waals surface area contributed by atoms with Crippen LogP contribution in [0.2, 0.25) is 5.02 Å². The molecule has 3 nitrogen and oxygen atoms in total. The number of hydrogen-bond donors (Lipinski definition) is 2. The van der Waals surface area contributed by atoms with Crippen molar-refractivity contribution in [3.63, 3.8) is 0 Å². The Morgan fingerprint density at radius 1 is 1.40 bits per heavy atom. The molecule has 0 aromatic heterocycles. The van der Waals surface area contributed by atoms with E-state index in [1.807, 2.05) is 18.2 Å². The van der Waals surface area contributed by atoms with Crippen LogP contribution < -0.4 is 5.32 Å². The molecule has 1 atom stereocenters. The number of carboxylic acid groups (broad SMARTS) is 1. The lowest BCUT2D eigenvalue weighted by Gasteiger charge is -2.27. The van der Waals surface area contributed by atoms with E-state index in [1.165, 1.54) is 5.56 Å². The van der Waals surface area contributed by atoms with Crippen LogP contribution in [0.1, 0.15) is 44.2 Å². The minimum atomic E-state index is -0.635. The second-order valence-electron chi connectivity index (χ2n) is 5.74. The van der Waals surface area contributed by atoms with Crippen molar-refractivity contribution in [1.29, 1.82) is 0 Å². The Morgan fingerprint density at radius 2 is 2.10 bits per heavy atom. The summed E-state index contributed by atoms with van der Waals surface area (Å²) in [6.07, 6.45) is 3.64. The van der Waals surface area contributed by atoms with Gasteiger partial charge in [-0.2, -0.15) is 0 Å². The number of rotatable bonds is 5. The van der Waals surface area contributed by atoms with E-state index in [0.717, 1.165) is 37.3 Å². The molecule has 1 fully saturated rings. The summed E-state index contributed by atoms with van der Waals surface area (Å²) in [5, 5.41) is 13.3. The van der Waals surface area contributed by atoms with E-state index in [0.29, 0.717) is 5.92 Å². The largest absolute Gasteiger partial charge is 0.481 e. The molecule has 0 bridgehead atoms. The van der Waals surface area contributed by atoms with E-state index in [-0.39, 0.29) is 12.0 Å². The van der Waals surface area contributed by atoms with E-state index in [4.69, 9.17) is 16.7 Å². The molecule has 0 spiro atoms. The lowest BCUT2D eigenvalue weighted by atomic mass is 9.82. The molecule has 2 rings (SSSR count). The number of halogens is 1. The predicted molar refractivity (Wildman–Crippen MR) is 81.0 cm³/mol. The molecule has 2 N–H and O–H groups in total. The first-order chi connectivity index (χ1) is 9.56. The van der Waals surface area contributed by atoms with E-state index in [1.54, 1.807) is 0 Å². The van der Waals surface area contributed by atoms with Crippen molar-refractivity contribution in [3.8, 4) is 0 Å². The van der Waals surface area contributed by atoms with Gasteiger partial charge in [0.2, 0.25) is 0 Å². The maximum atomic E-state index is 10.9. The van der Waals surface area contributed by atoms with Gasteiger partial charge in [-0.25, -0.2) is 0 Å². The second-order valence-corrected chi connectivity index (χ2v) is 6.18. The first-order valence-corrected chi connectivity index (χ1v) is 7.65. The topological polar surface area (TPSA) is 49.3 Å². The Morgan fingerprint density at radius 3 is 2.70 bits per heavy atom. The van der Waals surface area contributed by atoms with Crippen LogP contribution in [-0.4, -0.2) is 17.6 Å². The van der Waals surface area contributed by atoms with Crippen LogP contribution in [0.25, 0.3) is 0 Å². The highest BCUT2D eigenvalue weighted by molar-refractivity contribution is 6.30. The van der Waals surface area contributed by atoms with Gasteiger partial charge in [0.05, 0.1) is 5.92 Å². The number of benzene rings is 1. The van der Waals surface area contributed by atoms with Crippen molar-refractivity contribution < 1.29 is 9.90 Å². The lowest BCUT2D eigenvalue weighted by Crippen LogP contribution is -2.30. The summed E-state index contributed by atoms with van der Waals surface area (Å²) in [5.41, 5.74) is 1.19. The Balaban J connectivity index is 1.77. The molecular weight excluding hydrogens is 274 g/mol. The number of hydrogen-bond acceptors (Lipinski definition) is 2. The van der Waals surface area contributed by atoms with Gasteiger partial charge in [0.25, 0.3) is 0 Å². The third-order valence-corrected chi connectivity index (χ3v) is 4.49. The molecule has 1 aromatic carbocycles. The van der Waals surface area contributed by atoms with Gasteiger partial charge < -0.3 is 10.4 Å². The fraction of sp³-hybridized carbons (Fsp3) is 0.562. The highest BCUT2D eigenvalue weighted by Crippen LogP contribution is 2.29. The minimum absolute atomic E-state index is 0.128. The van der Waals surface area contributed by atoms with Gasteiger partial charge in [-0.05, 0) is 62.8 Å². The normalized spacial score (nSPS) is 24.3. The van der Waals surface area contributed by atoms with Crippen LogP contribution in [-0.2, 0) is 4.79 Å². The van der Waals surface area contributed by atoms with Crippen molar-refractivity contribution >= 4 is 17.6 Å². The molecule has 0 saturated heterocycles. The lowest BCUT2D eigenvalue weighted by molar-refractivity contribution is -0.143. The van der Waals surface area contributed by atoms with Gasteiger partial charge in [-0.3, -0.25) is 4.79 Å². The highest BCUT2D eigenvalue weighted by Gasteiger charge is 2.25. The standard InChI is InChI=1S/C16H22ClNO2/c1-11(14-3-2-4-15(17)9-14)18-10-12-5-7-13(8-6-12)16(19)20/h2-4,9,11-13,18H,5-8,10H2,1H3,(H,19,20). The molecule has 0 radical (unpaired) electrons. The summed E-state index contributed by atoms with van der Waals surface area (Å²) in [6, 6.07) is 8.18. The van der Waals surface area contributed by atoms with E-state index in [2.05, 4.69) is 18.3 Å². The number of carboxylic acids is 1. The molecule has 0 aliphatic heterocycles. The van der Waals surface area contributed by atoms with E-state index >= 15 is 0 Å². The number of nitrogens with one attached hydrogen (secondary N) is 1. The van der Waals surface area contributed by atoms with Crippen LogP contribution in [0.4, 0.5) is 0 Å². The fourth-order valence-electron chi connectivity index (χ4n) is 2.85. The van der Waals surface area contributed by atoms with Crippen LogP contribution in [0, 0.1) is 11.8 Å². The maximum Gasteiger partial charge on any atom is 0.306 e. The monoisotopic (exact) mass is 295 g/mol. The van der Waals surface area contributed by atoms with Crippen molar-refractivity contribution in [1.82, 2.24) is 5.32 Å². The van der Waals surface area contributed by atoms with Gasteiger partial charge in [0, 0.05) is 11.1 Å². The van der Waals surface area contributed by atoms with Crippen molar-refractivity contribution in [2.45, 2.75) is 38.6 Å². The summed E-state index contributed by atoms with van der Waals surface area (Å²) in [5.74, 6) is -0.174. The molecular formula is C16H22ClNO2. The summed E-state index contributed by atoms with van der Waals surface area (Å²) in [7, 11) is 0. The first-order valence-electron chi connectivity index (χ1n) is 7.28. The SMILES string of the molecule is CC(NCC1CCC(C(=O)O)CC1)c1cccc(Cl)c1. The van der Waals surface area contributed by atoms with Crippen molar-refractivity contribution in [2.75, 3.05) is 6.54 Å². The Bertz CT molecular complexity index is 456. The zero-order chi connectivity index (χ0) is 14.5. The summed E-state index contributed by atoms with van der Waals surface area (Å²) >= 11 is 6.00.